The van der Waals surface area contributed by atoms with Crippen molar-refractivity contribution in [2.45, 2.75) is 31.7 Å². The van der Waals surface area contributed by atoms with Crippen LogP contribution in [0.25, 0.3) is 0 Å². The highest BCUT2D eigenvalue weighted by Crippen LogP contribution is 2.39. The van der Waals surface area contributed by atoms with Gasteiger partial charge in [0, 0.05) is 12.5 Å². The summed E-state index contributed by atoms with van der Waals surface area (Å²) in [5, 5.41) is 9.44. The van der Waals surface area contributed by atoms with E-state index in [0.29, 0.717) is 29.3 Å². The van der Waals surface area contributed by atoms with Gasteiger partial charge in [0.15, 0.2) is 0 Å². The molecule has 108 valence electrons. The Bertz CT molecular complexity index is 653. The molecule has 0 heterocycles. The van der Waals surface area contributed by atoms with Crippen molar-refractivity contribution in [1.29, 1.82) is 5.26 Å². The topological polar surface area (TPSA) is 70.0 Å². The summed E-state index contributed by atoms with van der Waals surface area (Å²) < 4.78 is 26.6. The van der Waals surface area contributed by atoms with Gasteiger partial charge < -0.3 is 0 Å². The molecule has 1 aromatic carbocycles. The molecule has 2 rings (SSSR count). The summed E-state index contributed by atoms with van der Waals surface area (Å²) >= 11 is 12.1. The number of nitrogens with zero attached hydrogens (tertiary/aromatic N) is 1. The molecule has 0 fully saturated rings. The van der Waals surface area contributed by atoms with Crippen LogP contribution in [0, 0.1) is 11.3 Å². The molecule has 1 atom stereocenters. The van der Waals surface area contributed by atoms with Gasteiger partial charge in [0.1, 0.15) is 0 Å². The minimum atomic E-state index is -3.38. The maximum Gasteiger partial charge on any atom is 0.212 e. The second-order valence-corrected chi connectivity index (χ2v) is 7.38. The second-order valence-electron chi connectivity index (χ2n) is 4.72. The van der Waals surface area contributed by atoms with E-state index in [0.717, 1.165) is 11.1 Å². The molecule has 0 spiro atoms. The van der Waals surface area contributed by atoms with E-state index in [1.165, 1.54) is 0 Å². The first-order chi connectivity index (χ1) is 9.44. The van der Waals surface area contributed by atoms with Crippen molar-refractivity contribution in [3.8, 4) is 6.07 Å². The van der Waals surface area contributed by atoms with Gasteiger partial charge in [-0.3, -0.25) is 0 Å². The molecule has 0 saturated heterocycles. The van der Waals surface area contributed by atoms with Gasteiger partial charge in [-0.25, -0.2) is 13.1 Å². The summed E-state index contributed by atoms with van der Waals surface area (Å²) in [4.78, 5) is 0. The summed E-state index contributed by atoms with van der Waals surface area (Å²) in [7, 11) is -3.38. The molecule has 0 aromatic heterocycles. The van der Waals surface area contributed by atoms with Crippen molar-refractivity contribution in [2.24, 2.45) is 0 Å². The lowest BCUT2D eigenvalue weighted by molar-refractivity contribution is 0.552. The van der Waals surface area contributed by atoms with Gasteiger partial charge in [-0.05, 0) is 36.5 Å². The van der Waals surface area contributed by atoms with Gasteiger partial charge in [0.25, 0.3) is 0 Å². The van der Waals surface area contributed by atoms with Gasteiger partial charge in [-0.1, -0.05) is 29.3 Å². The molecular formula is C13H14Cl2N2O2S. The largest absolute Gasteiger partial charge is 0.212 e. The highest BCUT2D eigenvalue weighted by atomic mass is 35.5. The van der Waals surface area contributed by atoms with Crippen LogP contribution >= 0.6 is 23.2 Å². The highest BCUT2D eigenvalue weighted by molar-refractivity contribution is 7.89. The zero-order chi connectivity index (χ0) is 14.8. The summed E-state index contributed by atoms with van der Waals surface area (Å²) in [5.74, 6) is -0.0340. The molecule has 1 aliphatic rings. The Balaban J connectivity index is 2.12. The zero-order valence-corrected chi connectivity index (χ0v) is 13.0. The Morgan fingerprint density at radius 2 is 2.15 bits per heavy atom. The molecule has 0 saturated carbocycles. The number of halogens is 2. The molecule has 4 nitrogen and oxygen atoms in total. The van der Waals surface area contributed by atoms with Crippen molar-refractivity contribution >= 4 is 33.2 Å². The molecule has 20 heavy (non-hydrogen) atoms. The van der Waals surface area contributed by atoms with Gasteiger partial charge in [0.05, 0.1) is 21.9 Å². The summed E-state index contributed by atoms with van der Waals surface area (Å²) in [6.45, 7) is 0. The zero-order valence-electron chi connectivity index (χ0n) is 10.7. The van der Waals surface area contributed by atoms with E-state index < -0.39 is 10.0 Å². The van der Waals surface area contributed by atoms with Crippen molar-refractivity contribution in [2.75, 3.05) is 5.75 Å². The Labute approximate surface area is 128 Å². The van der Waals surface area contributed by atoms with Crippen LogP contribution in [0.3, 0.4) is 0 Å². The fraction of sp³-hybridized carbons (Fsp3) is 0.462. The number of nitriles is 1. The summed E-state index contributed by atoms with van der Waals surface area (Å²) in [6.07, 6.45) is 1.96. The van der Waals surface area contributed by atoms with E-state index in [2.05, 4.69) is 4.72 Å². The van der Waals surface area contributed by atoms with E-state index in [-0.39, 0.29) is 18.2 Å². The fourth-order valence-electron chi connectivity index (χ4n) is 2.37. The lowest BCUT2D eigenvalue weighted by Crippen LogP contribution is -2.29. The number of sulfonamides is 1. The maximum absolute atomic E-state index is 11.9. The van der Waals surface area contributed by atoms with Gasteiger partial charge in [-0.2, -0.15) is 5.26 Å². The van der Waals surface area contributed by atoms with Crippen LogP contribution in [-0.4, -0.2) is 14.2 Å². The third-order valence-electron chi connectivity index (χ3n) is 3.31. The summed E-state index contributed by atoms with van der Waals surface area (Å²) in [5.41, 5.74) is 1.81. The summed E-state index contributed by atoms with van der Waals surface area (Å²) in [6, 6.07) is 5.19. The van der Waals surface area contributed by atoms with Gasteiger partial charge in [-0.15, -0.1) is 0 Å². The maximum atomic E-state index is 11.9. The van der Waals surface area contributed by atoms with E-state index in [1.54, 1.807) is 6.07 Å². The molecule has 1 aliphatic carbocycles. The first kappa shape index (κ1) is 15.6. The number of rotatable bonds is 5. The standard InChI is InChI=1S/C13H14Cl2N2O2S/c14-11-5-3-9-10(13(11)15)4-6-12(9)17-20(18,19)8-2-1-7-16/h3,5,12,17H,1-2,4,6,8H2/t12-/m0/s1. The van der Waals surface area contributed by atoms with Crippen LogP contribution in [-0.2, 0) is 16.4 Å². The molecule has 1 N–H and O–H groups in total. The van der Waals surface area contributed by atoms with E-state index in [1.807, 2.05) is 12.1 Å². The Morgan fingerprint density at radius 3 is 2.85 bits per heavy atom. The Kier molecular flexibility index (Phi) is 4.92. The molecular weight excluding hydrogens is 319 g/mol. The van der Waals surface area contributed by atoms with Crippen LogP contribution in [0.4, 0.5) is 0 Å². The monoisotopic (exact) mass is 332 g/mol. The lowest BCUT2D eigenvalue weighted by atomic mass is 10.1. The smallest absolute Gasteiger partial charge is 0.212 e. The number of nitrogens with one attached hydrogen (secondary N) is 1. The van der Waals surface area contributed by atoms with Crippen molar-refractivity contribution in [1.82, 2.24) is 4.72 Å². The van der Waals surface area contributed by atoms with Crippen LogP contribution in [0.1, 0.15) is 36.4 Å². The lowest BCUT2D eigenvalue weighted by Gasteiger charge is -2.14. The molecule has 0 amide bonds. The van der Waals surface area contributed by atoms with E-state index in [9.17, 15) is 8.42 Å². The molecule has 0 aliphatic heterocycles. The molecule has 0 radical (unpaired) electrons. The van der Waals surface area contributed by atoms with E-state index >= 15 is 0 Å². The van der Waals surface area contributed by atoms with Crippen LogP contribution in [0.15, 0.2) is 12.1 Å². The first-order valence-corrected chi connectivity index (χ1v) is 8.69. The number of unbranched alkanes of at least 4 members (excludes halogenated alkanes) is 1. The normalized spacial score (nSPS) is 17.8. The average molecular weight is 333 g/mol. The predicted octanol–water partition coefficient (Wildman–Crippen LogP) is 3.20. The van der Waals surface area contributed by atoms with E-state index in [4.69, 9.17) is 28.5 Å². The average Bonchev–Trinajstić information content (AvgIpc) is 2.77. The third kappa shape index (κ3) is 3.44. The third-order valence-corrected chi connectivity index (χ3v) is 5.63. The van der Waals surface area contributed by atoms with Crippen molar-refractivity contribution < 1.29 is 8.42 Å². The van der Waals surface area contributed by atoms with Crippen LogP contribution in [0.5, 0.6) is 0 Å². The molecule has 0 unspecified atom stereocenters. The predicted molar refractivity (Wildman–Crippen MR) is 79.3 cm³/mol. The number of hydrogen-bond donors (Lipinski definition) is 1. The number of fused-ring (bicyclic) bond motifs is 1. The SMILES string of the molecule is N#CCCCS(=O)(=O)N[C@H]1CCc2c1ccc(Cl)c2Cl. The molecule has 7 heteroatoms. The molecule has 1 aromatic rings. The minimum Gasteiger partial charge on any atom is -0.212 e. The highest BCUT2D eigenvalue weighted by Gasteiger charge is 2.28. The van der Waals surface area contributed by atoms with Crippen LogP contribution < -0.4 is 4.72 Å². The second kappa shape index (κ2) is 6.31. The number of benzene rings is 1. The van der Waals surface area contributed by atoms with Gasteiger partial charge >= 0.3 is 0 Å². The molecule has 0 bridgehead atoms. The van der Waals surface area contributed by atoms with Crippen LogP contribution in [0.2, 0.25) is 10.0 Å². The van der Waals surface area contributed by atoms with Crippen molar-refractivity contribution in [3.05, 3.63) is 33.3 Å². The quantitative estimate of drug-likeness (QED) is 0.841. The Hall–Kier alpha value is -0.800. The van der Waals surface area contributed by atoms with Gasteiger partial charge in [0.2, 0.25) is 10.0 Å². The minimum absolute atomic E-state index is 0.0340. The fourth-order valence-corrected chi connectivity index (χ4v) is 4.14. The number of hydrogen-bond acceptors (Lipinski definition) is 3. The van der Waals surface area contributed by atoms with Crippen molar-refractivity contribution in [3.63, 3.8) is 0 Å². The first-order valence-electron chi connectivity index (χ1n) is 6.28. The Morgan fingerprint density at radius 1 is 1.40 bits per heavy atom.